The van der Waals surface area contributed by atoms with Gasteiger partial charge < -0.3 is 5.32 Å². The maximum atomic E-state index is 11.8. The van der Waals surface area contributed by atoms with Crippen molar-refractivity contribution in [3.05, 3.63) is 33.3 Å². The fourth-order valence-electron chi connectivity index (χ4n) is 1.34. The number of alkyl halides is 1. The summed E-state index contributed by atoms with van der Waals surface area (Å²) >= 11 is 14.8. The summed E-state index contributed by atoms with van der Waals surface area (Å²) in [5.74, 6) is 0.869. The van der Waals surface area contributed by atoms with E-state index >= 15 is 0 Å². The van der Waals surface area contributed by atoms with Gasteiger partial charge in [-0.15, -0.1) is 11.6 Å². The van der Waals surface area contributed by atoms with Crippen molar-refractivity contribution in [2.75, 3.05) is 12.4 Å². The predicted octanol–water partition coefficient (Wildman–Crippen LogP) is 4.10. The highest BCUT2D eigenvalue weighted by Gasteiger charge is 2.09. The molecule has 0 aliphatic carbocycles. The lowest BCUT2D eigenvalue weighted by Gasteiger charge is -2.11. The molecule has 1 rings (SSSR count). The Morgan fingerprint density at radius 2 is 2.18 bits per heavy atom. The second-order valence-corrected chi connectivity index (χ2v) is 5.68. The molecule has 0 spiro atoms. The third-order valence-electron chi connectivity index (χ3n) is 2.34. The van der Waals surface area contributed by atoms with Crippen molar-refractivity contribution < 1.29 is 4.79 Å². The zero-order valence-electron chi connectivity index (χ0n) is 9.47. The highest BCUT2D eigenvalue weighted by Crippen LogP contribution is 2.19. The van der Waals surface area contributed by atoms with Gasteiger partial charge in [0.1, 0.15) is 0 Å². The minimum atomic E-state index is -0.116. The van der Waals surface area contributed by atoms with Gasteiger partial charge in [0.15, 0.2) is 0 Å². The zero-order valence-corrected chi connectivity index (χ0v) is 12.6. The van der Waals surface area contributed by atoms with Crippen molar-refractivity contribution in [2.24, 2.45) is 5.92 Å². The van der Waals surface area contributed by atoms with Crippen molar-refractivity contribution in [2.45, 2.75) is 13.3 Å². The molecule has 0 aromatic heterocycles. The number of halogens is 3. The highest BCUT2D eigenvalue weighted by molar-refractivity contribution is 9.10. The maximum Gasteiger partial charge on any atom is 0.251 e. The van der Waals surface area contributed by atoms with Gasteiger partial charge >= 0.3 is 0 Å². The number of rotatable bonds is 5. The van der Waals surface area contributed by atoms with Gasteiger partial charge in [0.25, 0.3) is 5.91 Å². The molecule has 1 N–H and O–H groups in total. The molecule has 0 aliphatic rings. The molecule has 17 heavy (non-hydrogen) atoms. The van der Waals surface area contributed by atoms with E-state index in [0.717, 1.165) is 10.9 Å². The van der Waals surface area contributed by atoms with E-state index in [0.29, 0.717) is 28.9 Å². The summed E-state index contributed by atoms with van der Waals surface area (Å²) in [6, 6.07) is 5.13. The minimum absolute atomic E-state index is 0.116. The van der Waals surface area contributed by atoms with Crippen LogP contribution in [0.1, 0.15) is 23.7 Å². The number of amides is 1. The normalized spacial score (nSPS) is 12.2. The first-order valence-electron chi connectivity index (χ1n) is 5.33. The van der Waals surface area contributed by atoms with Crippen LogP contribution < -0.4 is 5.32 Å². The van der Waals surface area contributed by atoms with Gasteiger partial charge in [-0.3, -0.25) is 4.79 Å². The fraction of sp³-hybridized carbons (Fsp3) is 0.417. The molecular formula is C12H14BrCl2NO. The molecule has 1 aromatic carbocycles. The van der Waals surface area contributed by atoms with Crippen molar-refractivity contribution in [3.63, 3.8) is 0 Å². The van der Waals surface area contributed by atoms with E-state index < -0.39 is 0 Å². The standard InChI is InChI=1S/C12H14BrCl2NO/c1-8(2-3-14)7-16-12(17)9-4-10(13)6-11(15)5-9/h4-6,8H,2-3,7H2,1H3,(H,16,17). The number of nitrogens with one attached hydrogen (secondary N) is 1. The fourth-order valence-corrected chi connectivity index (χ4v) is 2.57. The molecule has 94 valence electrons. The van der Waals surface area contributed by atoms with E-state index in [1.54, 1.807) is 18.2 Å². The molecule has 5 heteroatoms. The minimum Gasteiger partial charge on any atom is -0.352 e. The van der Waals surface area contributed by atoms with Gasteiger partial charge in [-0.2, -0.15) is 0 Å². The van der Waals surface area contributed by atoms with Crippen LogP contribution in [0.2, 0.25) is 5.02 Å². The predicted molar refractivity (Wildman–Crippen MR) is 76.0 cm³/mol. The Morgan fingerprint density at radius 3 is 2.76 bits per heavy atom. The molecule has 2 nitrogen and oxygen atoms in total. The molecule has 0 fully saturated rings. The first-order chi connectivity index (χ1) is 8.02. The molecule has 1 aromatic rings. The summed E-state index contributed by atoms with van der Waals surface area (Å²) in [6.07, 6.45) is 0.890. The first-order valence-corrected chi connectivity index (χ1v) is 7.03. The van der Waals surface area contributed by atoms with Crippen LogP contribution in [0.3, 0.4) is 0 Å². The van der Waals surface area contributed by atoms with Gasteiger partial charge in [0, 0.05) is 27.5 Å². The van der Waals surface area contributed by atoms with E-state index in [1.165, 1.54) is 0 Å². The summed E-state index contributed by atoms with van der Waals surface area (Å²) in [4.78, 5) is 11.8. The molecule has 0 bridgehead atoms. The second kappa shape index (κ2) is 7.24. The molecule has 1 amide bonds. The van der Waals surface area contributed by atoms with Crippen LogP contribution >= 0.6 is 39.1 Å². The van der Waals surface area contributed by atoms with Gasteiger partial charge in [-0.25, -0.2) is 0 Å². The lowest BCUT2D eigenvalue weighted by molar-refractivity contribution is 0.0948. The quantitative estimate of drug-likeness (QED) is 0.805. The zero-order chi connectivity index (χ0) is 12.8. The van der Waals surface area contributed by atoms with E-state index in [1.807, 2.05) is 0 Å². The monoisotopic (exact) mass is 337 g/mol. The molecule has 0 saturated carbocycles. The summed E-state index contributed by atoms with van der Waals surface area (Å²) in [7, 11) is 0. The molecule has 1 atom stereocenters. The Hall–Kier alpha value is -0.250. The van der Waals surface area contributed by atoms with Crippen LogP contribution in [0.15, 0.2) is 22.7 Å². The number of carbonyl (C=O) groups is 1. The molecular weight excluding hydrogens is 325 g/mol. The van der Waals surface area contributed by atoms with E-state index in [-0.39, 0.29) is 5.91 Å². The number of hydrogen-bond donors (Lipinski definition) is 1. The topological polar surface area (TPSA) is 29.1 Å². The number of carbonyl (C=O) groups excluding carboxylic acids is 1. The van der Waals surface area contributed by atoms with Crippen molar-refractivity contribution in [3.8, 4) is 0 Å². The maximum absolute atomic E-state index is 11.8. The van der Waals surface area contributed by atoms with Crippen LogP contribution in [0, 0.1) is 5.92 Å². The van der Waals surface area contributed by atoms with Gasteiger partial charge in [0.05, 0.1) is 0 Å². The van der Waals surface area contributed by atoms with Gasteiger partial charge in [-0.05, 0) is 30.5 Å². The number of hydrogen-bond acceptors (Lipinski definition) is 1. The Bertz CT molecular complexity index is 378. The molecule has 0 aliphatic heterocycles. The van der Waals surface area contributed by atoms with Crippen LogP contribution in [0.4, 0.5) is 0 Å². The third-order valence-corrected chi connectivity index (χ3v) is 3.23. The lowest BCUT2D eigenvalue weighted by atomic mass is 10.1. The summed E-state index contributed by atoms with van der Waals surface area (Å²) < 4.78 is 0.795. The van der Waals surface area contributed by atoms with Crippen molar-refractivity contribution in [1.82, 2.24) is 5.32 Å². The van der Waals surface area contributed by atoms with Crippen LogP contribution in [0.5, 0.6) is 0 Å². The largest absolute Gasteiger partial charge is 0.352 e. The van der Waals surface area contributed by atoms with Crippen LogP contribution in [0.25, 0.3) is 0 Å². The number of benzene rings is 1. The average molecular weight is 339 g/mol. The summed E-state index contributed by atoms with van der Waals surface area (Å²) in [5.41, 5.74) is 0.558. The van der Waals surface area contributed by atoms with E-state index in [4.69, 9.17) is 23.2 Å². The Kier molecular flexibility index (Phi) is 6.31. The van der Waals surface area contributed by atoms with E-state index in [9.17, 15) is 4.79 Å². The average Bonchev–Trinajstić information content (AvgIpc) is 2.25. The lowest BCUT2D eigenvalue weighted by Crippen LogP contribution is -2.28. The summed E-state index contributed by atoms with van der Waals surface area (Å²) in [5, 5.41) is 3.40. The molecule has 0 radical (unpaired) electrons. The van der Waals surface area contributed by atoms with Crippen LogP contribution in [-0.4, -0.2) is 18.3 Å². The van der Waals surface area contributed by atoms with Crippen LogP contribution in [-0.2, 0) is 0 Å². The second-order valence-electron chi connectivity index (χ2n) is 3.95. The first kappa shape index (κ1) is 14.8. The Morgan fingerprint density at radius 1 is 1.47 bits per heavy atom. The van der Waals surface area contributed by atoms with E-state index in [2.05, 4.69) is 28.2 Å². The molecule has 0 heterocycles. The third kappa shape index (κ3) is 5.28. The van der Waals surface area contributed by atoms with Crippen molar-refractivity contribution in [1.29, 1.82) is 0 Å². The molecule has 0 saturated heterocycles. The van der Waals surface area contributed by atoms with Crippen molar-refractivity contribution >= 4 is 45.0 Å². The Labute approximate surface area is 120 Å². The molecule has 1 unspecified atom stereocenters. The van der Waals surface area contributed by atoms with Gasteiger partial charge in [-0.1, -0.05) is 34.5 Å². The summed E-state index contributed by atoms with van der Waals surface area (Å²) in [6.45, 7) is 2.67. The van der Waals surface area contributed by atoms with Gasteiger partial charge in [0.2, 0.25) is 0 Å². The smallest absolute Gasteiger partial charge is 0.251 e. The highest BCUT2D eigenvalue weighted by atomic mass is 79.9. The SMILES string of the molecule is CC(CCCl)CNC(=O)c1cc(Cl)cc(Br)c1. The Balaban J connectivity index is 2.58.